The molecule has 2 atom stereocenters. The fourth-order valence-electron chi connectivity index (χ4n) is 3.67. The number of nitrogens with zero attached hydrogens (tertiary/aromatic N) is 1. The Morgan fingerprint density at radius 2 is 2.10 bits per heavy atom. The van der Waals surface area contributed by atoms with Crippen molar-refractivity contribution in [1.82, 2.24) is 9.88 Å². The summed E-state index contributed by atoms with van der Waals surface area (Å²) in [5.41, 5.74) is 1.36. The Morgan fingerprint density at radius 1 is 1.20 bits per heavy atom. The maximum absolute atomic E-state index is 3.78. The lowest BCUT2D eigenvalue weighted by atomic mass is 10.0. The maximum Gasteiger partial charge on any atom is 0.0480 e. The first kappa shape index (κ1) is 13.7. The van der Waals surface area contributed by atoms with Crippen LogP contribution in [0.2, 0.25) is 0 Å². The molecule has 0 radical (unpaired) electrons. The molecule has 0 amide bonds. The highest BCUT2D eigenvalue weighted by atomic mass is 15.0. The molecule has 3 rings (SSSR count). The molecule has 2 heteroatoms. The number of benzene rings is 1. The number of nitrogens with one attached hydrogen (secondary N) is 1. The maximum atomic E-state index is 3.78. The molecule has 0 bridgehead atoms. The molecule has 108 valence electrons. The van der Waals surface area contributed by atoms with Crippen LogP contribution >= 0.6 is 0 Å². The van der Waals surface area contributed by atoms with E-state index < -0.39 is 0 Å². The predicted octanol–water partition coefficient (Wildman–Crippen LogP) is 4.20. The van der Waals surface area contributed by atoms with Crippen LogP contribution in [0.4, 0.5) is 0 Å². The summed E-state index contributed by atoms with van der Waals surface area (Å²) in [5, 5.41) is 5.13. The van der Waals surface area contributed by atoms with E-state index in [1.54, 1.807) is 0 Å². The largest absolute Gasteiger partial charge is 0.347 e. The number of fused-ring (bicyclic) bond motifs is 1. The predicted molar refractivity (Wildman–Crippen MR) is 86.0 cm³/mol. The molecule has 1 aliphatic rings. The fourth-order valence-corrected chi connectivity index (χ4v) is 3.67. The van der Waals surface area contributed by atoms with Gasteiger partial charge < -0.3 is 9.88 Å². The van der Waals surface area contributed by atoms with E-state index in [1.165, 1.54) is 43.0 Å². The number of para-hydroxylation sites is 1. The number of rotatable bonds is 6. The van der Waals surface area contributed by atoms with Crippen LogP contribution in [0, 0.1) is 5.92 Å². The van der Waals surface area contributed by atoms with Crippen molar-refractivity contribution in [3.63, 3.8) is 0 Å². The summed E-state index contributed by atoms with van der Waals surface area (Å²) in [6.07, 6.45) is 8.99. The first-order valence-electron chi connectivity index (χ1n) is 8.15. The molecule has 1 heterocycles. The van der Waals surface area contributed by atoms with Crippen LogP contribution in [0.5, 0.6) is 0 Å². The minimum Gasteiger partial charge on any atom is -0.347 e. The van der Waals surface area contributed by atoms with Crippen LogP contribution in [-0.2, 0) is 6.54 Å². The van der Waals surface area contributed by atoms with E-state index in [4.69, 9.17) is 0 Å². The molecule has 0 aliphatic heterocycles. The quantitative estimate of drug-likeness (QED) is 0.778. The summed E-state index contributed by atoms with van der Waals surface area (Å²) < 4.78 is 2.38. The van der Waals surface area contributed by atoms with E-state index in [-0.39, 0.29) is 0 Å². The normalized spacial score (nSPS) is 22.6. The topological polar surface area (TPSA) is 17.0 Å². The van der Waals surface area contributed by atoms with Crippen molar-refractivity contribution >= 4 is 10.9 Å². The highest BCUT2D eigenvalue weighted by Crippen LogP contribution is 2.27. The zero-order valence-electron chi connectivity index (χ0n) is 12.5. The Balaban J connectivity index is 1.48. The van der Waals surface area contributed by atoms with Crippen molar-refractivity contribution < 1.29 is 0 Å². The van der Waals surface area contributed by atoms with Crippen molar-refractivity contribution in [2.24, 2.45) is 5.92 Å². The van der Waals surface area contributed by atoms with E-state index in [1.807, 2.05) is 0 Å². The Labute approximate surface area is 122 Å². The van der Waals surface area contributed by atoms with Gasteiger partial charge in [-0.1, -0.05) is 38.0 Å². The van der Waals surface area contributed by atoms with Crippen molar-refractivity contribution in [1.29, 1.82) is 0 Å². The lowest BCUT2D eigenvalue weighted by Gasteiger charge is -2.19. The minimum absolute atomic E-state index is 0.779. The minimum atomic E-state index is 0.779. The van der Waals surface area contributed by atoms with Crippen molar-refractivity contribution in [3.8, 4) is 0 Å². The third-order valence-corrected chi connectivity index (χ3v) is 4.85. The molecule has 1 saturated carbocycles. The zero-order chi connectivity index (χ0) is 13.8. The molecule has 1 fully saturated rings. The van der Waals surface area contributed by atoms with Gasteiger partial charge in [0.05, 0.1) is 0 Å². The van der Waals surface area contributed by atoms with E-state index in [0.29, 0.717) is 0 Å². The molecule has 2 nitrogen and oxygen atoms in total. The molecule has 0 spiro atoms. The molecule has 2 unspecified atom stereocenters. The SMILES string of the molecule is CCC1CCCC1NCCCn1ccc2ccccc21. The number of hydrogen-bond acceptors (Lipinski definition) is 1. The van der Waals surface area contributed by atoms with Crippen LogP contribution in [-0.4, -0.2) is 17.2 Å². The second kappa shape index (κ2) is 6.45. The summed E-state index contributed by atoms with van der Waals surface area (Å²) >= 11 is 0. The van der Waals surface area contributed by atoms with Gasteiger partial charge in [0.15, 0.2) is 0 Å². The van der Waals surface area contributed by atoms with E-state index >= 15 is 0 Å². The number of aryl methyl sites for hydroxylation is 1. The molecule has 1 aromatic heterocycles. The number of hydrogen-bond donors (Lipinski definition) is 1. The van der Waals surface area contributed by atoms with Crippen LogP contribution in [0.1, 0.15) is 39.0 Å². The monoisotopic (exact) mass is 270 g/mol. The van der Waals surface area contributed by atoms with E-state index in [0.717, 1.165) is 25.0 Å². The van der Waals surface area contributed by atoms with E-state index in [9.17, 15) is 0 Å². The van der Waals surface area contributed by atoms with Gasteiger partial charge in [-0.05, 0) is 49.2 Å². The van der Waals surface area contributed by atoms with E-state index in [2.05, 4.69) is 53.3 Å². The first-order chi connectivity index (χ1) is 9.88. The van der Waals surface area contributed by atoms with Crippen molar-refractivity contribution in [3.05, 3.63) is 36.5 Å². The van der Waals surface area contributed by atoms with Gasteiger partial charge in [-0.15, -0.1) is 0 Å². The molecule has 1 N–H and O–H groups in total. The Kier molecular flexibility index (Phi) is 4.41. The molecule has 0 saturated heterocycles. The number of aromatic nitrogens is 1. The molecule has 2 aromatic rings. The molecular weight excluding hydrogens is 244 g/mol. The fraction of sp³-hybridized carbons (Fsp3) is 0.556. The molecule has 20 heavy (non-hydrogen) atoms. The second-order valence-corrected chi connectivity index (χ2v) is 6.08. The Hall–Kier alpha value is -1.28. The zero-order valence-corrected chi connectivity index (χ0v) is 12.5. The molecule has 1 aliphatic carbocycles. The Morgan fingerprint density at radius 3 is 3.00 bits per heavy atom. The summed E-state index contributed by atoms with van der Waals surface area (Å²) in [5.74, 6) is 0.919. The van der Waals surface area contributed by atoms with Crippen molar-refractivity contribution in [2.75, 3.05) is 6.54 Å². The summed E-state index contributed by atoms with van der Waals surface area (Å²) in [6, 6.07) is 11.6. The molecule has 1 aromatic carbocycles. The Bertz CT molecular complexity index is 543. The van der Waals surface area contributed by atoms with Gasteiger partial charge >= 0.3 is 0 Å². The van der Waals surface area contributed by atoms with Crippen LogP contribution < -0.4 is 5.32 Å². The van der Waals surface area contributed by atoms with Gasteiger partial charge in [0.25, 0.3) is 0 Å². The van der Waals surface area contributed by atoms with Gasteiger partial charge in [-0.3, -0.25) is 0 Å². The average molecular weight is 270 g/mol. The van der Waals surface area contributed by atoms with Crippen LogP contribution in [0.15, 0.2) is 36.5 Å². The lowest BCUT2D eigenvalue weighted by Crippen LogP contribution is -2.33. The standard InChI is InChI=1S/C18H26N2/c1-2-15-8-5-9-17(15)19-12-6-13-20-14-11-16-7-3-4-10-18(16)20/h3-4,7,10-11,14-15,17,19H,2,5-6,8-9,12-13H2,1H3. The smallest absolute Gasteiger partial charge is 0.0480 e. The lowest BCUT2D eigenvalue weighted by molar-refractivity contribution is 0.385. The third kappa shape index (κ3) is 2.90. The third-order valence-electron chi connectivity index (χ3n) is 4.85. The van der Waals surface area contributed by atoms with Gasteiger partial charge in [0.2, 0.25) is 0 Å². The highest BCUT2D eigenvalue weighted by Gasteiger charge is 2.24. The van der Waals surface area contributed by atoms with Gasteiger partial charge in [0, 0.05) is 24.3 Å². The summed E-state index contributed by atoms with van der Waals surface area (Å²) in [7, 11) is 0. The van der Waals surface area contributed by atoms with Crippen LogP contribution in [0.25, 0.3) is 10.9 Å². The first-order valence-corrected chi connectivity index (χ1v) is 8.15. The van der Waals surface area contributed by atoms with Crippen LogP contribution in [0.3, 0.4) is 0 Å². The van der Waals surface area contributed by atoms with Gasteiger partial charge in [-0.2, -0.15) is 0 Å². The summed E-state index contributed by atoms with van der Waals surface area (Å²) in [4.78, 5) is 0. The average Bonchev–Trinajstić information content (AvgIpc) is 3.10. The second-order valence-electron chi connectivity index (χ2n) is 6.08. The van der Waals surface area contributed by atoms with Gasteiger partial charge in [0.1, 0.15) is 0 Å². The van der Waals surface area contributed by atoms with Crippen molar-refractivity contribution in [2.45, 2.75) is 51.6 Å². The highest BCUT2D eigenvalue weighted by molar-refractivity contribution is 5.79. The van der Waals surface area contributed by atoms with Gasteiger partial charge in [-0.25, -0.2) is 0 Å². The summed E-state index contributed by atoms with van der Waals surface area (Å²) in [6.45, 7) is 4.59. The molecular formula is C18H26N2.